The van der Waals surface area contributed by atoms with Crippen molar-refractivity contribution in [1.82, 2.24) is 0 Å². The third-order valence-corrected chi connectivity index (χ3v) is 2.70. The molecule has 1 aliphatic rings. The zero-order valence-corrected chi connectivity index (χ0v) is 9.03. The van der Waals surface area contributed by atoms with Crippen molar-refractivity contribution in [3.63, 3.8) is 0 Å². The van der Waals surface area contributed by atoms with Crippen LogP contribution in [-0.4, -0.2) is 23.7 Å². The van der Waals surface area contributed by atoms with Crippen molar-refractivity contribution >= 4 is 11.9 Å². The number of allylic oxidation sites excluding steroid dienone is 2. The molecule has 0 bridgehead atoms. The fraction of sp³-hybridized carbons (Fsp3) is 0.636. The Labute approximate surface area is 88.9 Å². The van der Waals surface area contributed by atoms with Crippen LogP contribution in [0.25, 0.3) is 0 Å². The first-order valence-electron chi connectivity index (χ1n) is 5.02. The summed E-state index contributed by atoms with van der Waals surface area (Å²) in [5.41, 5.74) is 1.10. The van der Waals surface area contributed by atoms with Gasteiger partial charge >= 0.3 is 11.9 Å². The van der Waals surface area contributed by atoms with E-state index in [9.17, 15) is 9.59 Å². The van der Waals surface area contributed by atoms with Crippen LogP contribution in [0.5, 0.6) is 0 Å². The summed E-state index contributed by atoms with van der Waals surface area (Å²) in [7, 11) is 0. The van der Waals surface area contributed by atoms with Crippen LogP contribution in [0.4, 0.5) is 0 Å². The molecule has 0 aliphatic heterocycles. The van der Waals surface area contributed by atoms with Crippen LogP contribution in [0.1, 0.15) is 26.7 Å². The molecule has 1 rings (SSSR count). The van der Waals surface area contributed by atoms with E-state index in [0.717, 1.165) is 5.57 Å². The summed E-state index contributed by atoms with van der Waals surface area (Å²) in [5.74, 6) is -1.67. The van der Waals surface area contributed by atoms with Gasteiger partial charge in [0.25, 0.3) is 0 Å². The van der Waals surface area contributed by atoms with Gasteiger partial charge in [-0.2, -0.15) is 0 Å². The normalized spacial score (nSPS) is 25.6. The molecule has 0 aromatic heterocycles. The predicted octanol–water partition coefficient (Wildman–Crippen LogP) is 1.61. The quantitative estimate of drug-likeness (QED) is 0.570. The number of carbonyl (C=O) groups excluding carboxylic acids is 1. The number of esters is 1. The Morgan fingerprint density at radius 2 is 2.27 bits per heavy atom. The van der Waals surface area contributed by atoms with E-state index in [2.05, 4.69) is 0 Å². The van der Waals surface area contributed by atoms with Crippen molar-refractivity contribution in [1.29, 1.82) is 0 Å². The number of carboxylic acids is 1. The third-order valence-electron chi connectivity index (χ3n) is 2.70. The summed E-state index contributed by atoms with van der Waals surface area (Å²) in [5, 5.41) is 9.02. The molecule has 0 heterocycles. The highest BCUT2D eigenvalue weighted by atomic mass is 16.5. The Morgan fingerprint density at radius 1 is 1.60 bits per heavy atom. The molecular weight excluding hydrogens is 196 g/mol. The van der Waals surface area contributed by atoms with Gasteiger partial charge in [-0.25, -0.2) is 0 Å². The van der Waals surface area contributed by atoms with Crippen molar-refractivity contribution in [3.8, 4) is 0 Å². The van der Waals surface area contributed by atoms with E-state index in [1.165, 1.54) is 6.92 Å². The fourth-order valence-electron chi connectivity index (χ4n) is 1.81. The third kappa shape index (κ3) is 3.38. The molecule has 0 spiro atoms. The van der Waals surface area contributed by atoms with Crippen LogP contribution in [0, 0.1) is 11.8 Å². The maximum atomic E-state index is 11.0. The molecule has 0 amide bonds. The minimum absolute atomic E-state index is 0.0879. The summed E-state index contributed by atoms with van der Waals surface area (Å²) >= 11 is 0. The number of rotatable bonds is 3. The lowest BCUT2D eigenvalue weighted by Crippen LogP contribution is -2.30. The lowest BCUT2D eigenvalue weighted by Gasteiger charge is -2.26. The molecule has 0 saturated carbocycles. The van der Waals surface area contributed by atoms with E-state index in [-0.39, 0.29) is 18.5 Å². The van der Waals surface area contributed by atoms with Crippen molar-refractivity contribution in [2.75, 3.05) is 6.61 Å². The number of carboxylic acid groups (broad SMARTS) is 1. The molecular formula is C11H16O4. The topological polar surface area (TPSA) is 63.6 Å². The second-order valence-electron chi connectivity index (χ2n) is 4.00. The largest absolute Gasteiger partial charge is 0.481 e. The smallest absolute Gasteiger partial charge is 0.307 e. The zero-order valence-electron chi connectivity index (χ0n) is 9.03. The number of hydrogen-bond donors (Lipinski definition) is 1. The lowest BCUT2D eigenvalue weighted by molar-refractivity contribution is -0.150. The standard InChI is InChI=1S/C11H16O4/c1-7-3-4-9(6-15-8(2)12)10(5-7)11(13)14/h3,9-10H,4-6H2,1-2H3,(H,13,14)/t9-,10+/m1/s1. The summed E-state index contributed by atoms with van der Waals surface area (Å²) in [6.07, 6.45) is 3.25. The number of carbonyl (C=O) groups is 2. The van der Waals surface area contributed by atoms with Gasteiger partial charge in [0.15, 0.2) is 0 Å². The molecule has 0 fully saturated rings. The van der Waals surface area contributed by atoms with Gasteiger partial charge in [-0.05, 0) is 19.8 Å². The van der Waals surface area contributed by atoms with Crippen molar-refractivity contribution in [2.24, 2.45) is 11.8 Å². The van der Waals surface area contributed by atoms with Crippen LogP contribution >= 0.6 is 0 Å². The average molecular weight is 212 g/mol. The second kappa shape index (κ2) is 4.96. The fourth-order valence-corrected chi connectivity index (χ4v) is 1.81. The molecule has 0 saturated heterocycles. The number of aliphatic carboxylic acids is 1. The first kappa shape index (κ1) is 11.8. The monoisotopic (exact) mass is 212 g/mol. The Kier molecular flexibility index (Phi) is 3.88. The Balaban J connectivity index is 2.60. The zero-order chi connectivity index (χ0) is 11.4. The van der Waals surface area contributed by atoms with E-state index in [0.29, 0.717) is 12.8 Å². The Hall–Kier alpha value is -1.32. The van der Waals surface area contributed by atoms with E-state index in [1.807, 2.05) is 13.0 Å². The lowest BCUT2D eigenvalue weighted by atomic mass is 9.80. The molecule has 1 aliphatic carbocycles. The molecule has 1 N–H and O–H groups in total. The van der Waals surface area contributed by atoms with Crippen LogP contribution in [0.3, 0.4) is 0 Å². The van der Waals surface area contributed by atoms with Crippen molar-refractivity contribution in [3.05, 3.63) is 11.6 Å². The number of hydrogen-bond acceptors (Lipinski definition) is 3. The van der Waals surface area contributed by atoms with Crippen molar-refractivity contribution < 1.29 is 19.4 Å². The van der Waals surface area contributed by atoms with Gasteiger partial charge < -0.3 is 9.84 Å². The van der Waals surface area contributed by atoms with E-state index < -0.39 is 11.9 Å². The second-order valence-corrected chi connectivity index (χ2v) is 4.00. The van der Waals surface area contributed by atoms with E-state index in [1.54, 1.807) is 0 Å². The first-order chi connectivity index (χ1) is 7.00. The Bertz CT molecular complexity index is 293. The molecule has 84 valence electrons. The maximum Gasteiger partial charge on any atom is 0.307 e. The van der Waals surface area contributed by atoms with E-state index in [4.69, 9.17) is 9.84 Å². The molecule has 0 aromatic carbocycles. The van der Waals surface area contributed by atoms with Gasteiger partial charge in [-0.15, -0.1) is 0 Å². The first-order valence-corrected chi connectivity index (χ1v) is 5.02. The molecule has 15 heavy (non-hydrogen) atoms. The predicted molar refractivity (Wildman–Crippen MR) is 54.2 cm³/mol. The molecule has 0 radical (unpaired) electrons. The van der Waals surface area contributed by atoms with Gasteiger partial charge in [-0.1, -0.05) is 11.6 Å². The van der Waals surface area contributed by atoms with Gasteiger partial charge in [0.2, 0.25) is 0 Å². The summed E-state index contributed by atoms with van der Waals surface area (Å²) in [6.45, 7) is 3.47. The average Bonchev–Trinajstić information content (AvgIpc) is 2.15. The number of ether oxygens (including phenoxy) is 1. The highest BCUT2D eigenvalue weighted by Gasteiger charge is 2.31. The molecule has 2 atom stereocenters. The molecule has 0 aromatic rings. The molecule has 0 unspecified atom stereocenters. The Morgan fingerprint density at radius 3 is 2.80 bits per heavy atom. The van der Waals surface area contributed by atoms with Gasteiger partial charge in [-0.3, -0.25) is 9.59 Å². The van der Waals surface area contributed by atoms with Crippen LogP contribution in [0.2, 0.25) is 0 Å². The van der Waals surface area contributed by atoms with Gasteiger partial charge in [0.05, 0.1) is 12.5 Å². The van der Waals surface area contributed by atoms with Gasteiger partial charge in [0, 0.05) is 12.8 Å². The van der Waals surface area contributed by atoms with Crippen LogP contribution in [-0.2, 0) is 14.3 Å². The van der Waals surface area contributed by atoms with Crippen molar-refractivity contribution in [2.45, 2.75) is 26.7 Å². The SMILES string of the molecule is CC(=O)OC[C@H]1CC=C(C)C[C@@H]1C(=O)O. The molecule has 4 nitrogen and oxygen atoms in total. The molecule has 4 heteroatoms. The summed E-state index contributed by atoms with van der Waals surface area (Å²) in [6, 6.07) is 0. The summed E-state index contributed by atoms with van der Waals surface area (Å²) in [4.78, 5) is 21.6. The van der Waals surface area contributed by atoms with E-state index >= 15 is 0 Å². The van der Waals surface area contributed by atoms with Crippen LogP contribution < -0.4 is 0 Å². The highest BCUT2D eigenvalue weighted by molar-refractivity contribution is 5.71. The minimum Gasteiger partial charge on any atom is -0.481 e. The highest BCUT2D eigenvalue weighted by Crippen LogP contribution is 2.30. The van der Waals surface area contributed by atoms with Crippen LogP contribution in [0.15, 0.2) is 11.6 Å². The van der Waals surface area contributed by atoms with Gasteiger partial charge in [0.1, 0.15) is 0 Å². The maximum absolute atomic E-state index is 11.0. The minimum atomic E-state index is -0.806. The summed E-state index contributed by atoms with van der Waals surface area (Å²) < 4.78 is 4.87.